The maximum Gasteiger partial charge on any atom is 0.128 e. The molecule has 0 saturated heterocycles. The molecule has 5 heteroatoms. The van der Waals surface area contributed by atoms with Crippen molar-refractivity contribution in [2.24, 2.45) is 0 Å². The Labute approximate surface area is 101 Å². The summed E-state index contributed by atoms with van der Waals surface area (Å²) < 4.78 is 3.50. The van der Waals surface area contributed by atoms with Crippen LogP contribution >= 0.6 is 0 Å². The standard InChI is InChI=1S/C12H17N4O/c1-8-5-10(3)15(13-8)12(7-17)16-11(4)6-9(2)14-16/h5-6,12H,7H2,1-4H3/q-1. The van der Waals surface area contributed by atoms with E-state index in [1.807, 2.05) is 39.8 Å². The van der Waals surface area contributed by atoms with Crippen molar-refractivity contribution in [3.63, 3.8) is 0 Å². The minimum atomic E-state index is -0.377. The van der Waals surface area contributed by atoms with Gasteiger partial charge in [0.2, 0.25) is 0 Å². The van der Waals surface area contributed by atoms with Crippen LogP contribution in [-0.4, -0.2) is 26.2 Å². The zero-order valence-electron chi connectivity index (χ0n) is 10.6. The van der Waals surface area contributed by atoms with Crippen LogP contribution in [0, 0.1) is 27.7 Å². The van der Waals surface area contributed by atoms with Crippen LogP contribution in [0.15, 0.2) is 12.1 Å². The van der Waals surface area contributed by atoms with E-state index in [1.165, 1.54) is 0 Å². The SMILES string of the molecule is Cc1cc(C)n(C(C[O-])n2nc(C)cc2C)n1. The maximum atomic E-state index is 11.4. The van der Waals surface area contributed by atoms with Gasteiger partial charge in [0.1, 0.15) is 6.17 Å². The molecule has 2 heterocycles. The van der Waals surface area contributed by atoms with Crippen molar-refractivity contribution >= 4 is 0 Å². The molecule has 0 aliphatic rings. The molecule has 0 radical (unpaired) electrons. The predicted molar refractivity (Wildman–Crippen MR) is 62.7 cm³/mol. The fourth-order valence-electron chi connectivity index (χ4n) is 2.14. The van der Waals surface area contributed by atoms with Gasteiger partial charge >= 0.3 is 0 Å². The number of aryl methyl sites for hydroxylation is 4. The van der Waals surface area contributed by atoms with Gasteiger partial charge in [-0.2, -0.15) is 10.2 Å². The first-order valence-electron chi connectivity index (χ1n) is 5.66. The fraction of sp³-hybridized carbons (Fsp3) is 0.500. The average molecular weight is 233 g/mol. The first kappa shape index (κ1) is 11.9. The van der Waals surface area contributed by atoms with E-state index in [0.29, 0.717) is 0 Å². The molecule has 5 nitrogen and oxygen atoms in total. The molecule has 0 unspecified atom stereocenters. The molecule has 2 aromatic rings. The van der Waals surface area contributed by atoms with Gasteiger partial charge in [-0.25, -0.2) is 9.36 Å². The lowest BCUT2D eigenvalue weighted by Crippen LogP contribution is -2.31. The second kappa shape index (κ2) is 4.33. The molecule has 0 spiro atoms. The highest BCUT2D eigenvalue weighted by Crippen LogP contribution is 2.15. The highest BCUT2D eigenvalue weighted by molar-refractivity contribution is 5.11. The van der Waals surface area contributed by atoms with Crippen LogP contribution in [0.3, 0.4) is 0 Å². The van der Waals surface area contributed by atoms with Gasteiger partial charge in [0, 0.05) is 11.4 Å². The molecular formula is C12H17N4O-. The van der Waals surface area contributed by atoms with Crippen LogP contribution in [0.2, 0.25) is 0 Å². The Bertz CT molecular complexity index is 480. The van der Waals surface area contributed by atoms with Crippen molar-refractivity contribution in [1.82, 2.24) is 19.6 Å². The molecule has 2 aromatic heterocycles. The van der Waals surface area contributed by atoms with E-state index in [-0.39, 0.29) is 12.8 Å². The topological polar surface area (TPSA) is 58.7 Å². The fourth-order valence-corrected chi connectivity index (χ4v) is 2.14. The lowest BCUT2D eigenvalue weighted by molar-refractivity contribution is -0.379. The highest BCUT2D eigenvalue weighted by atomic mass is 16.3. The van der Waals surface area contributed by atoms with E-state index in [0.717, 1.165) is 22.8 Å². The molecule has 0 aromatic carbocycles. The van der Waals surface area contributed by atoms with E-state index in [4.69, 9.17) is 0 Å². The Morgan fingerprint density at radius 2 is 1.41 bits per heavy atom. The molecule has 0 aliphatic carbocycles. The molecule has 17 heavy (non-hydrogen) atoms. The molecule has 0 amide bonds. The van der Waals surface area contributed by atoms with Crippen LogP contribution in [-0.2, 0) is 0 Å². The van der Waals surface area contributed by atoms with Crippen LogP contribution in [0.25, 0.3) is 0 Å². The zero-order chi connectivity index (χ0) is 12.6. The van der Waals surface area contributed by atoms with E-state index in [1.54, 1.807) is 9.36 Å². The van der Waals surface area contributed by atoms with Crippen molar-refractivity contribution < 1.29 is 5.11 Å². The summed E-state index contributed by atoms with van der Waals surface area (Å²) in [5.41, 5.74) is 3.80. The van der Waals surface area contributed by atoms with Gasteiger partial charge in [0.15, 0.2) is 0 Å². The minimum absolute atomic E-state index is 0.274. The molecular weight excluding hydrogens is 216 g/mol. The summed E-state index contributed by atoms with van der Waals surface area (Å²) in [4.78, 5) is 0. The van der Waals surface area contributed by atoms with E-state index in [9.17, 15) is 5.11 Å². The van der Waals surface area contributed by atoms with Crippen molar-refractivity contribution in [2.75, 3.05) is 6.61 Å². The third kappa shape index (κ3) is 2.10. The molecule has 0 saturated carbocycles. The normalized spacial score (nSPS) is 11.4. The average Bonchev–Trinajstić information content (AvgIpc) is 2.73. The summed E-state index contributed by atoms with van der Waals surface area (Å²) in [6.45, 7) is 7.48. The predicted octanol–water partition coefficient (Wildman–Crippen LogP) is 0.720. The maximum absolute atomic E-state index is 11.4. The summed E-state index contributed by atoms with van der Waals surface area (Å²) in [5.74, 6) is 0. The molecule has 92 valence electrons. The van der Waals surface area contributed by atoms with Gasteiger partial charge < -0.3 is 5.11 Å². The third-order valence-electron chi connectivity index (χ3n) is 2.80. The summed E-state index contributed by atoms with van der Waals surface area (Å²) in [7, 11) is 0. The first-order chi connectivity index (χ1) is 8.02. The van der Waals surface area contributed by atoms with Crippen LogP contribution < -0.4 is 5.11 Å². The Hall–Kier alpha value is -1.62. The van der Waals surface area contributed by atoms with Crippen LogP contribution in [0.5, 0.6) is 0 Å². The summed E-state index contributed by atoms with van der Waals surface area (Å²) >= 11 is 0. The summed E-state index contributed by atoms with van der Waals surface area (Å²) in [5, 5.41) is 20.2. The second-order valence-corrected chi connectivity index (χ2v) is 4.39. The van der Waals surface area contributed by atoms with Gasteiger partial charge in [-0.05, 0) is 39.8 Å². The quantitative estimate of drug-likeness (QED) is 0.785. The molecule has 0 aliphatic heterocycles. The van der Waals surface area contributed by atoms with E-state index < -0.39 is 0 Å². The monoisotopic (exact) mass is 233 g/mol. The number of hydrogen-bond donors (Lipinski definition) is 0. The summed E-state index contributed by atoms with van der Waals surface area (Å²) in [6, 6.07) is 3.93. The highest BCUT2D eigenvalue weighted by Gasteiger charge is 2.15. The smallest absolute Gasteiger partial charge is 0.128 e. The van der Waals surface area contributed by atoms with Crippen molar-refractivity contribution in [2.45, 2.75) is 33.9 Å². The third-order valence-corrected chi connectivity index (χ3v) is 2.80. The molecule has 2 rings (SSSR count). The van der Waals surface area contributed by atoms with Gasteiger partial charge in [-0.1, -0.05) is 6.61 Å². The Kier molecular flexibility index (Phi) is 3.02. The molecule has 0 atom stereocenters. The lowest BCUT2D eigenvalue weighted by Gasteiger charge is -2.23. The van der Waals surface area contributed by atoms with E-state index in [2.05, 4.69) is 10.2 Å². The number of hydrogen-bond acceptors (Lipinski definition) is 3. The van der Waals surface area contributed by atoms with Crippen LogP contribution in [0.4, 0.5) is 0 Å². The Balaban J connectivity index is 2.47. The lowest BCUT2D eigenvalue weighted by atomic mass is 10.4. The molecule has 0 N–H and O–H groups in total. The number of aromatic nitrogens is 4. The minimum Gasteiger partial charge on any atom is -0.852 e. The van der Waals surface area contributed by atoms with Crippen molar-refractivity contribution in [3.05, 3.63) is 34.9 Å². The van der Waals surface area contributed by atoms with E-state index >= 15 is 0 Å². The zero-order valence-corrected chi connectivity index (χ0v) is 10.6. The van der Waals surface area contributed by atoms with Gasteiger partial charge in [-0.15, -0.1) is 0 Å². The Morgan fingerprint density at radius 1 is 1.00 bits per heavy atom. The first-order valence-corrected chi connectivity index (χ1v) is 5.66. The van der Waals surface area contributed by atoms with Crippen LogP contribution in [0.1, 0.15) is 28.9 Å². The Morgan fingerprint density at radius 3 is 1.65 bits per heavy atom. The summed E-state index contributed by atoms with van der Waals surface area (Å²) in [6.07, 6.45) is -0.377. The van der Waals surface area contributed by atoms with Gasteiger partial charge in [-0.3, -0.25) is 0 Å². The molecule has 0 fully saturated rings. The van der Waals surface area contributed by atoms with Gasteiger partial charge in [0.05, 0.1) is 11.4 Å². The van der Waals surface area contributed by atoms with Crippen molar-refractivity contribution in [3.8, 4) is 0 Å². The molecule has 0 bridgehead atoms. The largest absolute Gasteiger partial charge is 0.852 e. The number of rotatable bonds is 3. The number of nitrogens with zero attached hydrogens (tertiary/aromatic N) is 4. The van der Waals surface area contributed by atoms with Gasteiger partial charge in [0.25, 0.3) is 0 Å². The second-order valence-electron chi connectivity index (χ2n) is 4.39. The van der Waals surface area contributed by atoms with Crippen molar-refractivity contribution in [1.29, 1.82) is 0 Å².